The zero-order valence-electron chi connectivity index (χ0n) is 12.2. The largest absolute Gasteiger partial charge is 0.435 e. The Bertz CT molecular complexity index is 518. The van der Waals surface area contributed by atoms with Gasteiger partial charge < -0.3 is 10.1 Å². The molecular formula is C14H21F2NO3S. The minimum atomic E-state index is -2.96. The number of sulfone groups is 1. The summed E-state index contributed by atoms with van der Waals surface area (Å²) in [4.78, 5) is 0. The molecule has 1 aromatic rings. The first-order valence-corrected chi connectivity index (χ1v) is 8.62. The van der Waals surface area contributed by atoms with Gasteiger partial charge in [-0.25, -0.2) is 8.42 Å². The van der Waals surface area contributed by atoms with Crippen molar-refractivity contribution in [3.05, 3.63) is 29.8 Å². The molecule has 0 aliphatic heterocycles. The van der Waals surface area contributed by atoms with Gasteiger partial charge in [0.25, 0.3) is 0 Å². The summed E-state index contributed by atoms with van der Waals surface area (Å²) in [6.07, 6.45) is 1.21. The molecule has 21 heavy (non-hydrogen) atoms. The van der Waals surface area contributed by atoms with Crippen LogP contribution < -0.4 is 10.1 Å². The molecule has 1 N–H and O–H groups in total. The number of rotatable bonds is 9. The van der Waals surface area contributed by atoms with Crippen molar-refractivity contribution >= 4 is 9.84 Å². The maximum atomic E-state index is 12.1. The summed E-state index contributed by atoms with van der Waals surface area (Å²) >= 11 is 0. The third-order valence-electron chi connectivity index (χ3n) is 3.24. The molecule has 0 aromatic heterocycles. The molecule has 0 radical (unpaired) electrons. The van der Waals surface area contributed by atoms with Gasteiger partial charge in [0, 0.05) is 11.8 Å². The Hall–Kier alpha value is -1.21. The van der Waals surface area contributed by atoms with E-state index in [1.54, 1.807) is 26.1 Å². The summed E-state index contributed by atoms with van der Waals surface area (Å²) in [6, 6.07) is 6.35. The van der Waals surface area contributed by atoms with Crippen LogP contribution in [0.1, 0.15) is 31.4 Å². The number of alkyl halides is 2. The lowest BCUT2D eigenvalue weighted by Gasteiger charge is -2.17. The second-order valence-electron chi connectivity index (χ2n) is 4.67. The van der Waals surface area contributed by atoms with Gasteiger partial charge in [-0.1, -0.05) is 19.1 Å². The Morgan fingerprint density at radius 2 is 1.86 bits per heavy atom. The van der Waals surface area contributed by atoms with Gasteiger partial charge in [0.1, 0.15) is 15.6 Å². The molecule has 4 nitrogen and oxygen atoms in total. The van der Waals surface area contributed by atoms with E-state index in [4.69, 9.17) is 0 Å². The molecule has 0 saturated carbocycles. The fourth-order valence-corrected chi connectivity index (χ4v) is 2.91. The van der Waals surface area contributed by atoms with Crippen LogP contribution in [0, 0.1) is 0 Å². The number of hydrogen-bond acceptors (Lipinski definition) is 4. The first-order chi connectivity index (χ1) is 9.88. The first kappa shape index (κ1) is 17.8. The normalized spacial score (nSPS) is 13.4. The van der Waals surface area contributed by atoms with Crippen molar-refractivity contribution in [1.29, 1.82) is 0 Å². The van der Waals surface area contributed by atoms with Gasteiger partial charge in [0.05, 0.1) is 5.75 Å². The van der Waals surface area contributed by atoms with Gasteiger partial charge in [-0.3, -0.25) is 0 Å². The van der Waals surface area contributed by atoms with Crippen LogP contribution in [0.25, 0.3) is 0 Å². The van der Waals surface area contributed by atoms with Crippen LogP contribution >= 0.6 is 0 Å². The van der Waals surface area contributed by atoms with Crippen molar-refractivity contribution in [2.24, 2.45) is 0 Å². The van der Waals surface area contributed by atoms with Gasteiger partial charge in [-0.2, -0.15) is 8.78 Å². The summed E-state index contributed by atoms with van der Waals surface area (Å²) in [5.74, 6) is 0.419. The number of halogens is 2. The summed E-state index contributed by atoms with van der Waals surface area (Å²) in [5, 5.41) is 3.10. The lowest BCUT2D eigenvalue weighted by Crippen LogP contribution is -2.18. The van der Waals surface area contributed by atoms with Gasteiger partial charge >= 0.3 is 6.61 Å². The second kappa shape index (κ2) is 8.29. The van der Waals surface area contributed by atoms with Crippen LogP contribution in [0.4, 0.5) is 8.78 Å². The van der Waals surface area contributed by atoms with Crippen molar-refractivity contribution < 1.29 is 21.9 Å². The molecular weight excluding hydrogens is 300 g/mol. The van der Waals surface area contributed by atoms with E-state index in [0.717, 1.165) is 5.56 Å². The molecule has 1 aromatic carbocycles. The van der Waals surface area contributed by atoms with Crippen molar-refractivity contribution in [2.75, 3.05) is 18.6 Å². The van der Waals surface area contributed by atoms with Gasteiger partial charge in [-0.05, 0) is 37.6 Å². The van der Waals surface area contributed by atoms with E-state index >= 15 is 0 Å². The van der Waals surface area contributed by atoms with Crippen molar-refractivity contribution in [1.82, 2.24) is 5.32 Å². The monoisotopic (exact) mass is 321 g/mol. The Balaban J connectivity index is 2.59. The van der Waals surface area contributed by atoms with E-state index in [1.165, 1.54) is 12.1 Å². The van der Waals surface area contributed by atoms with Crippen LogP contribution in [-0.2, 0) is 9.84 Å². The minimum Gasteiger partial charge on any atom is -0.435 e. The maximum Gasteiger partial charge on any atom is 0.387 e. The second-order valence-corrected chi connectivity index (χ2v) is 7.14. The minimum absolute atomic E-state index is 0.0161. The molecule has 1 unspecified atom stereocenters. The van der Waals surface area contributed by atoms with Crippen LogP contribution in [-0.4, -0.2) is 33.6 Å². The fraction of sp³-hybridized carbons (Fsp3) is 0.571. The highest BCUT2D eigenvalue weighted by molar-refractivity contribution is 7.91. The number of benzene rings is 1. The summed E-state index contributed by atoms with van der Waals surface area (Å²) in [5.41, 5.74) is 0.910. The van der Waals surface area contributed by atoms with E-state index in [2.05, 4.69) is 10.1 Å². The average molecular weight is 321 g/mol. The number of ether oxygens (including phenoxy) is 1. The number of nitrogens with one attached hydrogen (secondary N) is 1. The Labute approximate surface area is 124 Å². The van der Waals surface area contributed by atoms with E-state index in [9.17, 15) is 17.2 Å². The molecule has 0 aliphatic carbocycles. The highest BCUT2D eigenvalue weighted by Gasteiger charge is 2.13. The van der Waals surface area contributed by atoms with Crippen LogP contribution in [0.5, 0.6) is 5.75 Å². The van der Waals surface area contributed by atoms with Gasteiger partial charge in [0.15, 0.2) is 0 Å². The molecule has 0 aliphatic rings. The molecule has 0 fully saturated rings. The zero-order chi connectivity index (χ0) is 15.9. The van der Waals surface area contributed by atoms with Gasteiger partial charge in [0.2, 0.25) is 0 Å². The predicted molar refractivity (Wildman–Crippen MR) is 78.4 cm³/mol. The summed E-state index contributed by atoms with van der Waals surface area (Å²) in [6.45, 7) is -1.21. The van der Waals surface area contributed by atoms with Crippen molar-refractivity contribution in [2.45, 2.75) is 32.4 Å². The standard InChI is InChI=1S/C14H21F2NO3S/c1-3-21(18,19)10-4-5-13(17-2)11-6-8-12(9-7-11)20-14(15)16/h6-9,13-14,17H,3-5,10H2,1-2H3. The molecule has 120 valence electrons. The van der Waals surface area contributed by atoms with Crippen LogP contribution in [0.3, 0.4) is 0 Å². The highest BCUT2D eigenvalue weighted by atomic mass is 32.2. The lowest BCUT2D eigenvalue weighted by molar-refractivity contribution is -0.0498. The van der Waals surface area contributed by atoms with Crippen molar-refractivity contribution in [3.8, 4) is 5.75 Å². The first-order valence-electron chi connectivity index (χ1n) is 6.80. The lowest BCUT2D eigenvalue weighted by atomic mass is 10.0. The van der Waals surface area contributed by atoms with E-state index < -0.39 is 16.4 Å². The Morgan fingerprint density at radius 1 is 1.24 bits per heavy atom. The van der Waals surface area contributed by atoms with Crippen molar-refractivity contribution in [3.63, 3.8) is 0 Å². The van der Waals surface area contributed by atoms with E-state index in [0.29, 0.717) is 12.8 Å². The molecule has 0 heterocycles. The summed E-state index contributed by atoms with van der Waals surface area (Å²) in [7, 11) is -1.18. The third kappa shape index (κ3) is 6.39. The van der Waals surface area contributed by atoms with Crippen LogP contribution in [0.15, 0.2) is 24.3 Å². The molecule has 7 heteroatoms. The zero-order valence-corrected chi connectivity index (χ0v) is 13.0. The van der Waals surface area contributed by atoms with Crippen LogP contribution in [0.2, 0.25) is 0 Å². The Kier molecular flexibility index (Phi) is 7.04. The summed E-state index contributed by atoms with van der Waals surface area (Å²) < 4.78 is 51.3. The fourth-order valence-electron chi connectivity index (χ4n) is 2.01. The quantitative estimate of drug-likeness (QED) is 0.760. The molecule has 0 saturated heterocycles. The average Bonchev–Trinajstić information content (AvgIpc) is 2.44. The number of hydrogen-bond donors (Lipinski definition) is 1. The SMILES string of the molecule is CCS(=O)(=O)CCCC(NC)c1ccc(OC(F)F)cc1. The van der Waals surface area contributed by atoms with Gasteiger partial charge in [-0.15, -0.1) is 0 Å². The molecule has 0 bridgehead atoms. The third-order valence-corrected chi connectivity index (χ3v) is 5.03. The Morgan fingerprint density at radius 3 is 2.33 bits per heavy atom. The molecule has 1 atom stereocenters. The van der Waals surface area contributed by atoms with E-state index in [-0.39, 0.29) is 23.3 Å². The highest BCUT2D eigenvalue weighted by Crippen LogP contribution is 2.22. The maximum absolute atomic E-state index is 12.1. The smallest absolute Gasteiger partial charge is 0.387 e. The van der Waals surface area contributed by atoms with E-state index in [1.807, 2.05) is 0 Å². The predicted octanol–water partition coefficient (Wildman–Crippen LogP) is 2.76. The molecule has 0 spiro atoms. The molecule has 1 rings (SSSR count). The molecule has 0 amide bonds. The topological polar surface area (TPSA) is 55.4 Å².